The van der Waals surface area contributed by atoms with E-state index in [0.29, 0.717) is 31.5 Å². The smallest absolute Gasteiger partial charge is 0.309 e. The van der Waals surface area contributed by atoms with Crippen molar-refractivity contribution < 1.29 is 19.5 Å². The SMILES string of the molecule is CN(C)c1ccc(C(=O)N2CCC3(CC2)[C@H](C(=O)O)CC(=O)N3C)cc1. The Morgan fingerprint density at radius 1 is 1.15 bits per heavy atom. The summed E-state index contributed by atoms with van der Waals surface area (Å²) in [5.41, 5.74) is 0.973. The number of rotatable bonds is 3. The number of likely N-dealkylation sites (tertiary alicyclic amines) is 2. The molecule has 0 saturated carbocycles. The van der Waals surface area contributed by atoms with Crippen LogP contribution < -0.4 is 4.90 Å². The molecule has 2 aliphatic heterocycles. The minimum atomic E-state index is -0.929. The monoisotopic (exact) mass is 359 g/mol. The third kappa shape index (κ3) is 2.91. The second-order valence-electron chi connectivity index (χ2n) is 7.38. The van der Waals surface area contributed by atoms with Gasteiger partial charge in [-0.3, -0.25) is 14.4 Å². The number of hydrogen-bond acceptors (Lipinski definition) is 4. The maximum absolute atomic E-state index is 12.8. The van der Waals surface area contributed by atoms with E-state index in [1.54, 1.807) is 16.8 Å². The molecule has 2 heterocycles. The molecule has 1 aromatic carbocycles. The summed E-state index contributed by atoms with van der Waals surface area (Å²) < 4.78 is 0. The Kier molecular flexibility index (Phi) is 4.64. The zero-order chi connectivity index (χ0) is 19.1. The van der Waals surface area contributed by atoms with Gasteiger partial charge in [0.15, 0.2) is 0 Å². The highest BCUT2D eigenvalue weighted by Gasteiger charge is 2.55. The Bertz CT molecular complexity index is 721. The maximum Gasteiger partial charge on any atom is 0.309 e. The number of benzene rings is 1. The molecular formula is C19H25N3O4. The van der Waals surface area contributed by atoms with Gasteiger partial charge in [-0.2, -0.15) is 0 Å². The molecule has 0 aliphatic carbocycles. The highest BCUT2D eigenvalue weighted by atomic mass is 16.4. The van der Waals surface area contributed by atoms with Crippen LogP contribution in [0.25, 0.3) is 0 Å². The van der Waals surface area contributed by atoms with Crippen LogP contribution >= 0.6 is 0 Å². The number of carbonyl (C=O) groups is 3. The zero-order valence-electron chi connectivity index (χ0n) is 15.4. The number of anilines is 1. The normalized spacial score (nSPS) is 22.0. The second kappa shape index (κ2) is 6.63. The van der Waals surface area contributed by atoms with Gasteiger partial charge in [0.25, 0.3) is 5.91 Å². The fourth-order valence-corrected chi connectivity index (χ4v) is 4.17. The number of carboxylic acids is 1. The molecule has 7 heteroatoms. The zero-order valence-corrected chi connectivity index (χ0v) is 15.4. The topological polar surface area (TPSA) is 81.2 Å². The number of aliphatic carboxylic acids is 1. The summed E-state index contributed by atoms with van der Waals surface area (Å²) in [5.74, 6) is -1.81. The maximum atomic E-state index is 12.8. The second-order valence-corrected chi connectivity index (χ2v) is 7.38. The molecule has 1 aromatic rings. The average molecular weight is 359 g/mol. The molecule has 7 nitrogen and oxygen atoms in total. The third-order valence-corrected chi connectivity index (χ3v) is 5.91. The van der Waals surface area contributed by atoms with Crippen LogP contribution in [-0.4, -0.2) is 72.5 Å². The van der Waals surface area contributed by atoms with Crippen molar-refractivity contribution in [2.24, 2.45) is 5.92 Å². The van der Waals surface area contributed by atoms with Crippen LogP contribution in [0.5, 0.6) is 0 Å². The van der Waals surface area contributed by atoms with E-state index in [1.165, 1.54) is 0 Å². The molecule has 140 valence electrons. The van der Waals surface area contributed by atoms with Gasteiger partial charge in [-0.25, -0.2) is 0 Å². The van der Waals surface area contributed by atoms with Crippen LogP contribution in [0.15, 0.2) is 24.3 Å². The van der Waals surface area contributed by atoms with Gasteiger partial charge < -0.3 is 19.8 Å². The van der Waals surface area contributed by atoms with Crippen molar-refractivity contribution in [2.45, 2.75) is 24.8 Å². The first-order valence-corrected chi connectivity index (χ1v) is 8.82. The van der Waals surface area contributed by atoms with Crippen LogP contribution in [0, 0.1) is 5.92 Å². The van der Waals surface area contributed by atoms with Gasteiger partial charge in [0, 0.05) is 51.9 Å². The third-order valence-electron chi connectivity index (χ3n) is 5.91. The molecule has 3 rings (SSSR count). The first-order chi connectivity index (χ1) is 12.3. The molecule has 1 spiro atoms. The van der Waals surface area contributed by atoms with Crippen molar-refractivity contribution >= 4 is 23.5 Å². The van der Waals surface area contributed by atoms with Crippen molar-refractivity contribution in [3.05, 3.63) is 29.8 Å². The standard InChI is InChI=1S/C19H25N3O4/c1-20(2)14-6-4-13(5-7-14)17(24)22-10-8-19(9-11-22)15(18(25)26)12-16(23)21(19)3/h4-7,15H,8-12H2,1-3H3,(H,25,26)/t15-/m0/s1. The van der Waals surface area contributed by atoms with Crippen LogP contribution in [0.1, 0.15) is 29.6 Å². The number of piperidine rings is 1. The summed E-state index contributed by atoms with van der Waals surface area (Å²) in [6.45, 7) is 0.908. The summed E-state index contributed by atoms with van der Waals surface area (Å²) in [4.78, 5) is 41.8. The average Bonchev–Trinajstić information content (AvgIpc) is 2.87. The number of amides is 2. The molecule has 0 unspecified atom stereocenters. The lowest BCUT2D eigenvalue weighted by atomic mass is 9.77. The highest BCUT2D eigenvalue weighted by molar-refractivity contribution is 5.95. The quantitative estimate of drug-likeness (QED) is 0.880. The molecule has 0 radical (unpaired) electrons. The number of carbonyl (C=O) groups excluding carboxylic acids is 2. The minimum absolute atomic E-state index is 0.0474. The van der Waals surface area contributed by atoms with Crippen molar-refractivity contribution in [1.29, 1.82) is 0 Å². The van der Waals surface area contributed by atoms with Crippen molar-refractivity contribution in [1.82, 2.24) is 9.80 Å². The Hall–Kier alpha value is -2.57. The van der Waals surface area contributed by atoms with Crippen molar-refractivity contribution in [3.63, 3.8) is 0 Å². The number of nitrogens with zero attached hydrogens (tertiary/aromatic N) is 3. The summed E-state index contributed by atoms with van der Waals surface area (Å²) in [5, 5.41) is 9.53. The van der Waals surface area contributed by atoms with Gasteiger partial charge in [-0.15, -0.1) is 0 Å². The molecule has 2 aliphatic rings. The number of carboxylic acid groups (broad SMARTS) is 1. The molecule has 2 saturated heterocycles. The first kappa shape index (κ1) is 18.2. The summed E-state index contributed by atoms with van der Waals surface area (Å²) in [6.07, 6.45) is 1.03. The molecule has 2 amide bonds. The van der Waals surface area contributed by atoms with E-state index in [2.05, 4.69) is 0 Å². The molecular weight excluding hydrogens is 334 g/mol. The largest absolute Gasteiger partial charge is 0.481 e. The Labute approximate surface area is 153 Å². The van der Waals surface area contributed by atoms with Crippen LogP contribution in [0.3, 0.4) is 0 Å². The van der Waals surface area contributed by atoms with Crippen molar-refractivity contribution in [2.75, 3.05) is 39.1 Å². The van der Waals surface area contributed by atoms with Crippen molar-refractivity contribution in [3.8, 4) is 0 Å². The van der Waals surface area contributed by atoms with Gasteiger partial charge in [0.05, 0.1) is 11.5 Å². The first-order valence-electron chi connectivity index (χ1n) is 8.82. The lowest BCUT2D eigenvalue weighted by Gasteiger charge is -2.45. The van der Waals surface area contributed by atoms with Crippen LogP contribution in [0.2, 0.25) is 0 Å². The number of hydrogen-bond donors (Lipinski definition) is 1. The van der Waals surface area contributed by atoms with Gasteiger partial charge in [0.2, 0.25) is 5.91 Å². The minimum Gasteiger partial charge on any atom is -0.481 e. The molecule has 0 aromatic heterocycles. The molecule has 2 fully saturated rings. The lowest BCUT2D eigenvalue weighted by Crippen LogP contribution is -2.56. The van der Waals surface area contributed by atoms with Crippen LogP contribution in [0.4, 0.5) is 5.69 Å². The van der Waals surface area contributed by atoms with E-state index >= 15 is 0 Å². The van der Waals surface area contributed by atoms with E-state index in [-0.39, 0.29) is 18.2 Å². The molecule has 0 bridgehead atoms. The molecule has 1 atom stereocenters. The lowest BCUT2D eigenvalue weighted by molar-refractivity contribution is -0.145. The van der Waals surface area contributed by atoms with Gasteiger partial charge >= 0.3 is 5.97 Å². The predicted octanol–water partition coefficient (Wildman–Crippen LogP) is 1.29. The predicted molar refractivity (Wildman–Crippen MR) is 97.2 cm³/mol. The van der Waals surface area contributed by atoms with E-state index in [9.17, 15) is 19.5 Å². The Morgan fingerprint density at radius 3 is 2.23 bits per heavy atom. The fourth-order valence-electron chi connectivity index (χ4n) is 4.17. The summed E-state index contributed by atoms with van der Waals surface area (Å²) in [7, 11) is 5.57. The van der Waals surface area contributed by atoms with Gasteiger partial charge in [0.1, 0.15) is 0 Å². The van der Waals surface area contributed by atoms with E-state index in [0.717, 1.165) is 5.69 Å². The Morgan fingerprint density at radius 2 is 1.73 bits per heavy atom. The summed E-state index contributed by atoms with van der Waals surface area (Å²) >= 11 is 0. The highest BCUT2D eigenvalue weighted by Crippen LogP contribution is 2.43. The van der Waals surface area contributed by atoms with E-state index in [1.807, 2.05) is 43.3 Å². The van der Waals surface area contributed by atoms with Crippen LogP contribution in [-0.2, 0) is 9.59 Å². The Balaban J connectivity index is 1.72. The van der Waals surface area contributed by atoms with Gasteiger partial charge in [-0.05, 0) is 37.1 Å². The van der Waals surface area contributed by atoms with E-state index in [4.69, 9.17) is 0 Å². The molecule has 1 N–H and O–H groups in total. The van der Waals surface area contributed by atoms with E-state index < -0.39 is 17.4 Å². The van der Waals surface area contributed by atoms with Gasteiger partial charge in [-0.1, -0.05) is 0 Å². The summed E-state index contributed by atoms with van der Waals surface area (Å²) in [6, 6.07) is 7.44. The fraction of sp³-hybridized carbons (Fsp3) is 0.526. The molecule has 26 heavy (non-hydrogen) atoms.